The highest BCUT2D eigenvalue weighted by molar-refractivity contribution is 5.85. The zero-order valence-electron chi connectivity index (χ0n) is 9.73. The van der Waals surface area contributed by atoms with Crippen molar-refractivity contribution in [2.24, 2.45) is 5.73 Å². The van der Waals surface area contributed by atoms with E-state index in [0.717, 1.165) is 0 Å². The van der Waals surface area contributed by atoms with Crippen LogP contribution in [0.25, 0.3) is 0 Å². The Bertz CT molecular complexity index is 389. The fourth-order valence-corrected chi connectivity index (χ4v) is 1.20. The molecule has 1 amide bonds. The van der Waals surface area contributed by atoms with E-state index in [-0.39, 0.29) is 30.6 Å². The van der Waals surface area contributed by atoms with Gasteiger partial charge in [-0.2, -0.15) is 8.78 Å². The second-order valence-corrected chi connectivity index (χ2v) is 3.49. The molecule has 18 heavy (non-hydrogen) atoms. The van der Waals surface area contributed by atoms with E-state index in [1.54, 1.807) is 18.2 Å². The van der Waals surface area contributed by atoms with E-state index in [4.69, 9.17) is 5.73 Å². The molecule has 0 aliphatic carbocycles. The molecule has 3 N–H and O–H groups in total. The Morgan fingerprint density at radius 2 is 2.06 bits per heavy atom. The maximum absolute atomic E-state index is 12.1. The molecule has 102 valence electrons. The van der Waals surface area contributed by atoms with Crippen LogP contribution in [0.1, 0.15) is 12.5 Å². The van der Waals surface area contributed by atoms with Gasteiger partial charge in [0.25, 0.3) is 0 Å². The Kier molecular flexibility index (Phi) is 7.23. The fourth-order valence-electron chi connectivity index (χ4n) is 1.20. The molecular weight excluding hydrogens is 266 g/mol. The van der Waals surface area contributed by atoms with Gasteiger partial charge in [0.05, 0.1) is 6.04 Å². The highest BCUT2D eigenvalue weighted by atomic mass is 35.5. The van der Waals surface area contributed by atoms with Gasteiger partial charge >= 0.3 is 6.61 Å². The lowest BCUT2D eigenvalue weighted by atomic mass is 10.2. The van der Waals surface area contributed by atoms with Crippen molar-refractivity contribution in [3.63, 3.8) is 0 Å². The number of nitrogens with two attached hydrogens (primary N) is 1. The number of alkyl halides is 2. The van der Waals surface area contributed by atoms with Crippen LogP contribution in [0.3, 0.4) is 0 Å². The summed E-state index contributed by atoms with van der Waals surface area (Å²) in [5, 5.41) is 2.52. The summed E-state index contributed by atoms with van der Waals surface area (Å²) in [6.45, 7) is -1.25. The number of halogens is 3. The first kappa shape index (κ1) is 16.6. The molecule has 0 saturated carbocycles. The van der Waals surface area contributed by atoms with Crippen molar-refractivity contribution < 1.29 is 18.3 Å². The lowest BCUT2D eigenvalue weighted by molar-refractivity contribution is -0.122. The molecular formula is C11H15ClF2N2O2. The van der Waals surface area contributed by atoms with E-state index in [1.807, 2.05) is 0 Å². The average molecular weight is 281 g/mol. The van der Waals surface area contributed by atoms with Gasteiger partial charge in [-0.1, -0.05) is 18.2 Å². The summed E-state index contributed by atoms with van der Waals surface area (Å²) in [6.07, 6.45) is 0. The number of rotatable bonds is 5. The summed E-state index contributed by atoms with van der Waals surface area (Å²) in [6, 6.07) is 5.62. The number of hydrogen-bond donors (Lipinski definition) is 2. The van der Waals surface area contributed by atoms with Crippen LogP contribution in [0.5, 0.6) is 5.75 Å². The highest BCUT2D eigenvalue weighted by Crippen LogP contribution is 2.19. The van der Waals surface area contributed by atoms with Gasteiger partial charge in [0, 0.05) is 12.1 Å². The third-order valence-corrected chi connectivity index (χ3v) is 2.06. The van der Waals surface area contributed by atoms with Crippen LogP contribution in [-0.2, 0) is 11.3 Å². The smallest absolute Gasteiger partial charge is 0.387 e. The molecule has 4 nitrogen and oxygen atoms in total. The number of ether oxygens (including phenoxy) is 1. The van der Waals surface area contributed by atoms with Crippen molar-refractivity contribution in [1.82, 2.24) is 5.32 Å². The number of para-hydroxylation sites is 1. The summed E-state index contributed by atoms with van der Waals surface area (Å²) in [4.78, 5) is 11.2. The fraction of sp³-hybridized carbons (Fsp3) is 0.364. The van der Waals surface area contributed by atoms with Crippen LogP contribution < -0.4 is 15.8 Å². The Hall–Kier alpha value is -1.40. The molecule has 1 rings (SSSR count). The zero-order chi connectivity index (χ0) is 12.8. The lowest BCUT2D eigenvalue weighted by Crippen LogP contribution is -2.37. The Labute approximate surface area is 110 Å². The molecule has 1 aromatic carbocycles. The molecule has 7 heteroatoms. The molecule has 0 aliphatic rings. The quantitative estimate of drug-likeness (QED) is 0.862. The van der Waals surface area contributed by atoms with Crippen LogP contribution in [0.2, 0.25) is 0 Å². The molecule has 1 atom stereocenters. The summed E-state index contributed by atoms with van der Waals surface area (Å²) >= 11 is 0. The summed E-state index contributed by atoms with van der Waals surface area (Å²) in [7, 11) is 0. The molecule has 0 aliphatic heterocycles. The Morgan fingerprint density at radius 3 is 2.61 bits per heavy atom. The van der Waals surface area contributed by atoms with Crippen LogP contribution in [-0.4, -0.2) is 18.6 Å². The van der Waals surface area contributed by atoms with Gasteiger partial charge in [0.15, 0.2) is 0 Å². The minimum absolute atomic E-state index is 0. The molecule has 1 aromatic rings. The van der Waals surface area contributed by atoms with Crippen LogP contribution in [0.15, 0.2) is 24.3 Å². The predicted molar refractivity (Wildman–Crippen MR) is 65.8 cm³/mol. The van der Waals surface area contributed by atoms with Gasteiger partial charge in [-0.15, -0.1) is 12.4 Å². The second kappa shape index (κ2) is 7.84. The molecule has 0 saturated heterocycles. The van der Waals surface area contributed by atoms with E-state index < -0.39 is 12.7 Å². The Balaban J connectivity index is 0.00000289. The first-order chi connectivity index (χ1) is 8.00. The summed E-state index contributed by atoms with van der Waals surface area (Å²) in [5.41, 5.74) is 5.83. The van der Waals surface area contributed by atoms with Gasteiger partial charge in [-0.3, -0.25) is 4.79 Å². The van der Waals surface area contributed by atoms with Gasteiger partial charge in [-0.05, 0) is 13.0 Å². The van der Waals surface area contributed by atoms with Crippen molar-refractivity contribution in [3.8, 4) is 5.75 Å². The monoisotopic (exact) mass is 280 g/mol. The third-order valence-electron chi connectivity index (χ3n) is 2.06. The van der Waals surface area contributed by atoms with Crippen LogP contribution in [0, 0.1) is 0 Å². The van der Waals surface area contributed by atoms with E-state index in [9.17, 15) is 13.6 Å². The third kappa shape index (κ3) is 5.29. The number of amides is 1. The van der Waals surface area contributed by atoms with Gasteiger partial charge in [0.1, 0.15) is 5.75 Å². The molecule has 0 radical (unpaired) electrons. The van der Waals surface area contributed by atoms with E-state index >= 15 is 0 Å². The summed E-state index contributed by atoms with van der Waals surface area (Å²) in [5.74, 6) is -0.302. The minimum atomic E-state index is -2.89. The molecule has 1 unspecified atom stereocenters. The topological polar surface area (TPSA) is 64.4 Å². The first-order valence-electron chi connectivity index (χ1n) is 5.06. The van der Waals surface area contributed by atoms with Crippen molar-refractivity contribution in [1.29, 1.82) is 0 Å². The van der Waals surface area contributed by atoms with Crippen molar-refractivity contribution in [3.05, 3.63) is 29.8 Å². The summed E-state index contributed by atoms with van der Waals surface area (Å²) < 4.78 is 28.5. The van der Waals surface area contributed by atoms with Gasteiger partial charge in [0.2, 0.25) is 5.91 Å². The normalized spacial score (nSPS) is 11.6. The number of carbonyl (C=O) groups is 1. The SMILES string of the molecule is CC(N)C(=O)NCc1ccccc1OC(F)F.Cl. The number of carbonyl (C=O) groups excluding carboxylic acids is 1. The zero-order valence-corrected chi connectivity index (χ0v) is 10.5. The first-order valence-corrected chi connectivity index (χ1v) is 5.06. The number of hydrogen-bond acceptors (Lipinski definition) is 3. The second-order valence-electron chi connectivity index (χ2n) is 3.49. The van der Waals surface area contributed by atoms with Crippen molar-refractivity contribution in [2.45, 2.75) is 26.1 Å². The van der Waals surface area contributed by atoms with E-state index in [1.165, 1.54) is 13.0 Å². The molecule has 0 bridgehead atoms. The van der Waals surface area contributed by atoms with Crippen molar-refractivity contribution in [2.75, 3.05) is 0 Å². The number of benzene rings is 1. The van der Waals surface area contributed by atoms with Gasteiger partial charge < -0.3 is 15.8 Å². The molecule has 0 fully saturated rings. The molecule has 0 aromatic heterocycles. The van der Waals surface area contributed by atoms with Gasteiger partial charge in [-0.25, -0.2) is 0 Å². The Morgan fingerprint density at radius 1 is 1.44 bits per heavy atom. The lowest BCUT2D eigenvalue weighted by Gasteiger charge is -2.12. The van der Waals surface area contributed by atoms with Crippen molar-refractivity contribution >= 4 is 18.3 Å². The average Bonchev–Trinajstić information content (AvgIpc) is 2.26. The molecule has 0 spiro atoms. The number of nitrogens with one attached hydrogen (secondary N) is 1. The van der Waals surface area contributed by atoms with E-state index in [2.05, 4.69) is 10.1 Å². The minimum Gasteiger partial charge on any atom is -0.434 e. The highest BCUT2D eigenvalue weighted by Gasteiger charge is 2.11. The van der Waals surface area contributed by atoms with Crippen LogP contribution in [0.4, 0.5) is 8.78 Å². The standard InChI is InChI=1S/C11H14F2N2O2.ClH/c1-7(14)10(16)15-6-8-4-2-3-5-9(8)17-11(12)13;/h2-5,7,11H,6,14H2,1H3,(H,15,16);1H. The molecule has 0 heterocycles. The van der Waals surface area contributed by atoms with Crippen LogP contribution >= 0.6 is 12.4 Å². The predicted octanol–water partition coefficient (Wildman–Crippen LogP) is 1.67. The maximum atomic E-state index is 12.1. The van der Waals surface area contributed by atoms with E-state index in [0.29, 0.717) is 5.56 Å². The maximum Gasteiger partial charge on any atom is 0.387 e. The largest absolute Gasteiger partial charge is 0.434 e.